The average molecular weight is 334 g/mol. The molecule has 10 nitrogen and oxygen atoms in total. The van der Waals surface area contributed by atoms with Gasteiger partial charge in [-0.05, 0) is 29.5 Å². The minimum Gasteiger partial charge on any atom is -0.493 e. The second-order valence-corrected chi connectivity index (χ2v) is 4.71. The fourth-order valence-corrected chi connectivity index (χ4v) is 1.94. The van der Waals surface area contributed by atoms with Crippen molar-refractivity contribution in [2.75, 3.05) is 0 Å². The van der Waals surface area contributed by atoms with Crippen molar-refractivity contribution < 1.29 is 5.11 Å². The molecular formula is C12H8ClN7O3. The molecule has 0 aliphatic rings. The lowest BCUT2D eigenvalue weighted by molar-refractivity contribution is 0.430. The molecule has 0 bridgehead atoms. The number of H-pyrrole nitrogens is 2. The third-order valence-corrected chi connectivity index (χ3v) is 3.10. The lowest BCUT2D eigenvalue weighted by Crippen LogP contribution is -2.31. The van der Waals surface area contributed by atoms with Crippen LogP contribution >= 0.6 is 11.6 Å². The Balaban J connectivity index is 2.15. The molecule has 116 valence electrons. The predicted octanol–water partition coefficient (Wildman–Crippen LogP) is 0.148. The average Bonchev–Trinajstić information content (AvgIpc) is 3.02. The third-order valence-electron chi connectivity index (χ3n) is 2.85. The van der Waals surface area contributed by atoms with Gasteiger partial charge in [0.1, 0.15) is 5.56 Å². The van der Waals surface area contributed by atoms with E-state index in [9.17, 15) is 14.7 Å². The Morgan fingerprint density at radius 2 is 2.00 bits per heavy atom. The zero-order valence-corrected chi connectivity index (χ0v) is 12.0. The van der Waals surface area contributed by atoms with E-state index < -0.39 is 17.1 Å². The van der Waals surface area contributed by atoms with Crippen molar-refractivity contribution >= 4 is 23.8 Å². The molecular weight excluding hydrogens is 326 g/mol. The van der Waals surface area contributed by atoms with Crippen molar-refractivity contribution in [3.8, 4) is 11.6 Å². The van der Waals surface area contributed by atoms with Gasteiger partial charge >= 0.3 is 5.69 Å². The van der Waals surface area contributed by atoms with Crippen LogP contribution in [0.4, 0.5) is 5.95 Å². The van der Waals surface area contributed by atoms with Crippen LogP contribution in [0.5, 0.6) is 5.88 Å². The van der Waals surface area contributed by atoms with E-state index in [1.54, 1.807) is 12.1 Å². The summed E-state index contributed by atoms with van der Waals surface area (Å²) in [4.78, 5) is 29.7. The molecule has 3 N–H and O–H groups in total. The fraction of sp³-hybridized carbons (Fsp3) is 0. The predicted molar refractivity (Wildman–Crippen MR) is 80.8 cm³/mol. The highest BCUT2D eigenvalue weighted by molar-refractivity contribution is 6.30. The Morgan fingerprint density at radius 1 is 1.26 bits per heavy atom. The van der Waals surface area contributed by atoms with Crippen LogP contribution in [0.15, 0.2) is 38.8 Å². The maximum absolute atomic E-state index is 12.0. The van der Waals surface area contributed by atoms with E-state index in [1.165, 1.54) is 12.1 Å². The first-order chi connectivity index (χ1) is 11.1. The second kappa shape index (κ2) is 5.85. The van der Waals surface area contributed by atoms with Crippen molar-refractivity contribution in [1.82, 2.24) is 30.2 Å². The maximum atomic E-state index is 12.0. The molecule has 0 unspecified atom stereocenters. The number of nitrogens with one attached hydrogen (secondary N) is 2. The van der Waals surface area contributed by atoms with Crippen LogP contribution in [-0.2, 0) is 0 Å². The molecule has 0 fully saturated rings. The van der Waals surface area contributed by atoms with E-state index in [0.717, 1.165) is 10.8 Å². The number of aromatic amines is 2. The van der Waals surface area contributed by atoms with Crippen molar-refractivity contribution in [3.05, 3.63) is 55.7 Å². The number of hydrogen-bond acceptors (Lipinski definition) is 7. The number of benzene rings is 1. The molecule has 2 aromatic heterocycles. The molecule has 23 heavy (non-hydrogen) atoms. The Kier molecular flexibility index (Phi) is 3.73. The van der Waals surface area contributed by atoms with Crippen LogP contribution in [0.2, 0.25) is 5.02 Å². The van der Waals surface area contributed by atoms with Gasteiger partial charge in [0.25, 0.3) is 11.5 Å². The Bertz CT molecular complexity index is 973. The van der Waals surface area contributed by atoms with Gasteiger partial charge in [-0.3, -0.25) is 9.78 Å². The molecule has 0 saturated carbocycles. The highest BCUT2D eigenvalue weighted by atomic mass is 35.5. The van der Waals surface area contributed by atoms with Crippen LogP contribution < -0.4 is 11.2 Å². The molecule has 2 heterocycles. The number of aromatic hydroxyl groups is 1. The number of aliphatic imine (C=N–C) groups is 1. The molecule has 0 radical (unpaired) electrons. The van der Waals surface area contributed by atoms with E-state index in [2.05, 4.69) is 30.6 Å². The van der Waals surface area contributed by atoms with Gasteiger partial charge in [-0.15, -0.1) is 5.10 Å². The molecule has 3 aromatic rings. The highest BCUT2D eigenvalue weighted by Gasteiger charge is 2.14. The summed E-state index contributed by atoms with van der Waals surface area (Å²) >= 11 is 5.79. The van der Waals surface area contributed by atoms with Gasteiger partial charge in [-0.1, -0.05) is 16.7 Å². The standard InChI is InChI=1S/C12H8ClN7O3/c13-6-1-3-7(4-2-6)20-10(22)8(9(21)15-12(20)23)5-14-11-16-18-19-17-11/h1-5,22H,(H,15,21,23)(H,16,17,18,19)/b14-5+. The lowest BCUT2D eigenvalue weighted by atomic mass is 10.3. The van der Waals surface area contributed by atoms with Gasteiger partial charge in [0, 0.05) is 11.2 Å². The normalized spacial score (nSPS) is 11.2. The van der Waals surface area contributed by atoms with Crippen LogP contribution in [0.1, 0.15) is 5.56 Å². The summed E-state index contributed by atoms with van der Waals surface area (Å²) in [6.07, 6.45) is 1.03. The zero-order chi connectivity index (χ0) is 16.4. The van der Waals surface area contributed by atoms with E-state index in [0.29, 0.717) is 10.7 Å². The maximum Gasteiger partial charge on any atom is 0.335 e. The van der Waals surface area contributed by atoms with E-state index in [1.807, 2.05) is 0 Å². The zero-order valence-electron chi connectivity index (χ0n) is 11.3. The van der Waals surface area contributed by atoms with Crippen molar-refractivity contribution in [2.45, 2.75) is 0 Å². The Hall–Kier alpha value is -3.27. The molecule has 0 spiro atoms. The first-order valence-corrected chi connectivity index (χ1v) is 6.56. The van der Waals surface area contributed by atoms with Gasteiger partial charge in [-0.25, -0.2) is 14.4 Å². The highest BCUT2D eigenvalue weighted by Crippen LogP contribution is 2.17. The first kappa shape index (κ1) is 14.7. The number of rotatable bonds is 3. The van der Waals surface area contributed by atoms with E-state index >= 15 is 0 Å². The van der Waals surface area contributed by atoms with Crippen molar-refractivity contribution in [2.24, 2.45) is 4.99 Å². The van der Waals surface area contributed by atoms with Gasteiger partial charge in [-0.2, -0.15) is 5.21 Å². The molecule has 0 amide bonds. The number of hydrogen-bond donors (Lipinski definition) is 3. The topological polar surface area (TPSA) is 142 Å². The van der Waals surface area contributed by atoms with Crippen LogP contribution in [0.3, 0.4) is 0 Å². The first-order valence-electron chi connectivity index (χ1n) is 6.18. The number of aromatic nitrogens is 6. The molecule has 11 heteroatoms. The second-order valence-electron chi connectivity index (χ2n) is 4.28. The summed E-state index contributed by atoms with van der Waals surface area (Å²) in [5, 5.41) is 23.4. The molecule has 3 rings (SSSR count). The molecule has 0 atom stereocenters. The van der Waals surface area contributed by atoms with Crippen molar-refractivity contribution in [1.29, 1.82) is 0 Å². The summed E-state index contributed by atoms with van der Waals surface area (Å²) in [5.74, 6) is -0.610. The van der Waals surface area contributed by atoms with Crippen LogP contribution in [0.25, 0.3) is 5.69 Å². The summed E-state index contributed by atoms with van der Waals surface area (Å²) in [6.45, 7) is 0. The fourth-order valence-electron chi connectivity index (χ4n) is 1.82. The van der Waals surface area contributed by atoms with Crippen molar-refractivity contribution in [3.63, 3.8) is 0 Å². The van der Waals surface area contributed by atoms with Gasteiger partial charge in [0.2, 0.25) is 5.88 Å². The smallest absolute Gasteiger partial charge is 0.335 e. The largest absolute Gasteiger partial charge is 0.493 e. The molecule has 1 aromatic carbocycles. The number of halogens is 1. The van der Waals surface area contributed by atoms with Crippen LogP contribution in [-0.4, -0.2) is 41.5 Å². The number of tetrazole rings is 1. The third kappa shape index (κ3) is 2.87. The summed E-state index contributed by atoms with van der Waals surface area (Å²) < 4.78 is 0.912. The summed E-state index contributed by atoms with van der Waals surface area (Å²) in [6, 6.07) is 6.12. The molecule has 0 saturated heterocycles. The van der Waals surface area contributed by atoms with Gasteiger partial charge in [0.15, 0.2) is 0 Å². The minimum atomic E-state index is -0.801. The number of nitrogens with zero attached hydrogens (tertiary/aromatic N) is 5. The summed E-state index contributed by atoms with van der Waals surface area (Å²) in [5.41, 5.74) is -1.51. The minimum absolute atomic E-state index is 0.0342. The van der Waals surface area contributed by atoms with Crippen LogP contribution in [0, 0.1) is 0 Å². The quantitative estimate of drug-likeness (QED) is 0.582. The summed E-state index contributed by atoms with van der Waals surface area (Å²) in [7, 11) is 0. The molecule has 0 aliphatic carbocycles. The molecule has 0 aliphatic heterocycles. The van der Waals surface area contributed by atoms with E-state index in [-0.39, 0.29) is 11.5 Å². The van der Waals surface area contributed by atoms with E-state index in [4.69, 9.17) is 11.6 Å². The van der Waals surface area contributed by atoms with Gasteiger partial charge in [0.05, 0.1) is 5.69 Å². The monoisotopic (exact) mass is 333 g/mol. The lowest BCUT2D eigenvalue weighted by Gasteiger charge is -2.09. The Labute approximate surface area is 132 Å². The SMILES string of the molecule is O=c1[nH]c(=O)n(-c2ccc(Cl)cc2)c(O)c1/C=N/c1nn[nH]n1. The Morgan fingerprint density at radius 3 is 2.65 bits per heavy atom. The van der Waals surface area contributed by atoms with Gasteiger partial charge < -0.3 is 5.11 Å².